The molecule has 0 saturated carbocycles. The van der Waals surface area contributed by atoms with Crippen molar-refractivity contribution in [3.63, 3.8) is 0 Å². The second kappa shape index (κ2) is 16.1. The van der Waals surface area contributed by atoms with Gasteiger partial charge in [-0.3, -0.25) is 0 Å². The molecule has 7 heterocycles. The largest absolute Gasteiger partial charge is 0.458 e. The SMILES string of the molecule is c1ccc(N2c3ccccc3B3c4cc5c(cc4Oc4cc(-n6c7ccccc7c7ccccc76)cc2c43)N(c2ccccc2)c2cc3c4c6c2B5c2ccccc2N6c2ccccc2B4c2ccccc2N3c2ccccc2)cc1. The summed E-state index contributed by atoms with van der Waals surface area (Å²) in [5.74, 6) is 1.72. The molecule has 0 bridgehead atoms. The van der Waals surface area contributed by atoms with Gasteiger partial charge in [-0.15, -0.1) is 0 Å². The summed E-state index contributed by atoms with van der Waals surface area (Å²) in [6, 6.07) is 99.2. The molecule has 0 unspecified atom stereocenters. The molecule has 19 rings (SSSR count). The number of ether oxygens (including phenoxy) is 1. The standard InChI is InChI=1S/C72H44B3N5O/c1-4-22-45(23-5-1)76-60-37-19-13-31-52(60)75-56-42-55-63(44-67(56)81-68-41-48(40-64(76)69(68)75)79-57-34-16-10-28-49(57)50-29-11-17-35-58(50)79)78(47-26-8-3-9-27-47)66-43-65-70-72-71(66)74(55)54-33-15-21-39-62(54)80(72)61-38-20-14-32-53(61)73(70)51-30-12-18-36-59(51)77(65)46-24-6-2-7-25-46/h1-44H. The van der Waals surface area contributed by atoms with Gasteiger partial charge in [0.15, 0.2) is 0 Å². The Hall–Kier alpha value is -10.4. The summed E-state index contributed by atoms with van der Waals surface area (Å²) >= 11 is 0. The molecule has 13 aromatic rings. The Morgan fingerprint density at radius 3 is 1.15 bits per heavy atom. The predicted octanol–water partition coefficient (Wildman–Crippen LogP) is 11.9. The highest BCUT2D eigenvalue weighted by atomic mass is 16.5. The summed E-state index contributed by atoms with van der Waals surface area (Å²) in [6.07, 6.45) is 0. The number of para-hydroxylation sites is 9. The van der Waals surface area contributed by atoms with Gasteiger partial charge < -0.3 is 28.9 Å². The molecule has 0 saturated heterocycles. The molecular formula is C72H44B3N5O. The van der Waals surface area contributed by atoms with Gasteiger partial charge in [0.2, 0.25) is 0 Å². The average Bonchev–Trinajstić information content (AvgIpc) is 4.07. The van der Waals surface area contributed by atoms with Crippen molar-refractivity contribution in [2.75, 3.05) is 19.6 Å². The number of anilines is 12. The maximum Gasteiger partial charge on any atom is 0.256 e. The summed E-state index contributed by atoms with van der Waals surface area (Å²) in [4.78, 5) is 10.2. The van der Waals surface area contributed by atoms with Gasteiger partial charge in [-0.25, -0.2) is 0 Å². The van der Waals surface area contributed by atoms with Crippen LogP contribution in [0.5, 0.6) is 11.5 Å². The number of rotatable bonds is 4. The fourth-order valence-electron chi connectivity index (χ4n) is 15.3. The molecule has 9 heteroatoms. The lowest BCUT2D eigenvalue weighted by Gasteiger charge is -2.51. The van der Waals surface area contributed by atoms with Crippen LogP contribution in [0.4, 0.5) is 68.2 Å². The van der Waals surface area contributed by atoms with Crippen LogP contribution >= 0.6 is 0 Å². The molecule has 6 aliphatic heterocycles. The van der Waals surface area contributed by atoms with Gasteiger partial charge in [0, 0.05) is 91.2 Å². The lowest BCUT2D eigenvalue weighted by atomic mass is 9.28. The van der Waals surface area contributed by atoms with E-state index in [1.54, 1.807) is 0 Å². The Bertz CT molecular complexity index is 4810. The van der Waals surface area contributed by atoms with E-state index in [4.69, 9.17) is 4.74 Å². The average molecular weight is 1030 g/mol. The molecule has 0 fully saturated rings. The molecule has 81 heavy (non-hydrogen) atoms. The van der Waals surface area contributed by atoms with Crippen LogP contribution in [0.3, 0.4) is 0 Å². The van der Waals surface area contributed by atoms with Crippen LogP contribution in [0.25, 0.3) is 27.5 Å². The third kappa shape index (κ3) is 5.74. The summed E-state index contributed by atoms with van der Waals surface area (Å²) in [6.45, 7) is -0.241. The molecule has 0 atom stereocenters. The first-order chi connectivity index (χ1) is 40.2. The lowest BCUT2D eigenvalue weighted by Crippen LogP contribution is -2.69. The molecule has 0 radical (unpaired) electrons. The Morgan fingerprint density at radius 1 is 0.247 bits per heavy atom. The van der Waals surface area contributed by atoms with Gasteiger partial charge in [-0.1, -0.05) is 170 Å². The third-order valence-electron chi connectivity index (χ3n) is 18.3. The van der Waals surface area contributed by atoms with E-state index in [1.807, 2.05) is 0 Å². The van der Waals surface area contributed by atoms with Crippen molar-refractivity contribution < 1.29 is 4.74 Å². The maximum atomic E-state index is 7.70. The zero-order valence-electron chi connectivity index (χ0n) is 43.8. The first-order valence-electron chi connectivity index (χ1n) is 28.2. The van der Waals surface area contributed by atoms with Crippen molar-refractivity contribution in [3.05, 3.63) is 267 Å². The van der Waals surface area contributed by atoms with Crippen LogP contribution in [0, 0.1) is 0 Å². The van der Waals surface area contributed by atoms with Crippen molar-refractivity contribution >= 4 is 159 Å². The summed E-state index contributed by atoms with van der Waals surface area (Å²) in [7, 11) is 0. The molecule has 372 valence electrons. The van der Waals surface area contributed by atoms with E-state index in [0.717, 1.165) is 62.3 Å². The van der Waals surface area contributed by atoms with E-state index < -0.39 is 0 Å². The monoisotopic (exact) mass is 1030 g/mol. The third-order valence-corrected chi connectivity index (χ3v) is 18.3. The van der Waals surface area contributed by atoms with Crippen LogP contribution in [-0.2, 0) is 0 Å². The van der Waals surface area contributed by atoms with Gasteiger partial charge in [-0.05, 0) is 134 Å². The fraction of sp³-hybridized carbons (Fsp3) is 0. The molecule has 1 aromatic heterocycles. The van der Waals surface area contributed by atoms with E-state index in [2.05, 4.69) is 291 Å². The van der Waals surface area contributed by atoms with Crippen LogP contribution in [0.2, 0.25) is 0 Å². The molecule has 0 amide bonds. The summed E-state index contributed by atoms with van der Waals surface area (Å²) in [5.41, 5.74) is 28.8. The van der Waals surface area contributed by atoms with Crippen LogP contribution < -0.4 is 73.5 Å². The number of benzene rings is 12. The molecular weight excluding hydrogens is 983 g/mol. The van der Waals surface area contributed by atoms with E-state index >= 15 is 0 Å². The highest BCUT2D eigenvalue weighted by molar-refractivity contribution is 7.05. The Kier molecular flexibility index (Phi) is 8.68. The van der Waals surface area contributed by atoms with Crippen molar-refractivity contribution in [3.8, 4) is 17.2 Å². The van der Waals surface area contributed by atoms with Gasteiger partial charge in [0.25, 0.3) is 20.1 Å². The van der Waals surface area contributed by atoms with Gasteiger partial charge in [0.05, 0.1) is 16.7 Å². The van der Waals surface area contributed by atoms with Crippen LogP contribution in [0.1, 0.15) is 0 Å². The van der Waals surface area contributed by atoms with E-state index in [0.29, 0.717) is 0 Å². The highest BCUT2D eigenvalue weighted by Gasteiger charge is 2.53. The molecule has 0 N–H and O–H groups in total. The van der Waals surface area contributed by atoms with Crippen LogP contribution in [0.15, 0.2) is 267 Å². The van der Waals surface area contributed by atoms with Crippen molar-refractivity contribution in [2.45, 2.75) is 0 Å². The van der Waals surface area contributed by atoms with E-state index in [1.165, 1.54) is 94.1 Å². The number of aromatic nitrogens is 1. The van der Waals surface area contributed by atoms with Gasteiger partial charge >= 0.3 is 0 Å². The topological polar surface area (TPSA) is 27.1 Å². The molecule has 0 aliphatic carbocycles. The normalized spacial score (nSPS) is 14.1. The van der Waals surface area contributed by atoms with E-state index in [-0.39, 0.29) is 20.1 Å². The summed E-state index contributed by atoms with van der Waals surface area (Å²) in [5, 5.41) is 2.45. The second-order valence-electron chi connectivity index (χ2n) is 22.3. The zero-order chi connectivity index (χ0) is 52.6. The van der Waals surface area contributed by atoms with Crippen molar-refractivity contribution in [1.82, 2.24) is 4.57 Å². The number of hydrogen-bond acceptors (Lipinski definition) is 5. The lowest BCUT2D eigenvalue weighted by molar-refractivity contribution is 0.487. The smallest absolute Gasteiger partial charge is 0.256 e. The number of hydrogen-bond donors (Lipinski definition) is 0. The minimum atomic E-state index is -0.136. The minimum Gasteiger partial charge on any atom is -0.458 e. The molecule has 0 spiro atoms. The quantitative estimate of drug-likeness (QED) is 0.164. The number of nitrogens with zero attached hydrogens (tertiary/aromatic N) is 5. The Balaban J connectivity index is 0.915. The predicted molar refractivity (Wildman–Crippen MR) is 340 cm³/mol. The van der Waals surface area contributed by atoms with E-state index in [9.17, 15) is 0 Å². The first-order valence-corrected chi connectivity index (χ1v) is 28.2. The van der Waals surface area contributed by atoms with Crippen LogP contribution in [-0.4, -0.2) is 24.7 Å². The number of fused-ring (bicyclic) bond motifs is 17. The zero-order valence-corrected chi connectivity index (χ0v) is 43.8. The molecule has 6 nitrogen and oxygen atoms in total. The molecule has 12 aromatic carbocycles. The second-order valence-corrected chi connectivity index (χ2v) is 22.3. The van der Waals surface area contributed by atoms with Gasteiger partial charge in [-0.2, -0.15) is 0 Å². The Labute approximate surface area is 469 Å². The molecule has 6 aliphatic rings. The fourth-order valence-corrected chi connectivity index (χ4v) is 15.3. The maximum absolute atomic E-state index is 7.70. The minimum absolute atomic E-state index is 0.00645. The van der Waals surface area contributed by atoms with Crippen molar-refractivity contribution in [1.29, 1.82) is 0 Å². The first kappa shape index (κ1) is 43.6. The van der Waals surface area contributed by atoms with Crippen molar-refractivity contribution in [2.24, 2.45) is 0 Å². The van der Waals surface area contributed by atoms with Gasteiger partial charge in [0.1, 0.15) is 11.5 Å². The summed E-state index contributed by atoms with van der Waals surface area (Å²) < 4.78 is 10.1. The Morgan fingerprint density at radius 2 is 0.642 bits per heavy atom. The highest BCUT2D eigenvalue weighted by Crippen LogP contribution is 2.51.